The summed E-state index contributed by atoms with van der Waals surface area (Å²) >= 11 is 0. The fraction of sp³-hybridized carbons (Fsp3) is 1.00. The predicted molar refractivity (Wildman–Crippen MR) is 92.7 cm³/mol. The Balaban J connectivity index is 2.19. The second kappa shape index (κ2) is 6.43. The molecule has 0 aromatic rings. The van der Waals surface area contributed by atoms with Gasteiger partial charge in [-0.2, -0.15) is 0 Å². The van der Waals surface area contributed by atoms with Crippen LogP contribution in [0.15, 0.2) is 0 Å². The van der Waals surface area contributed by atoms with Crippen LogP contribution in [0.1, 0.15) is 86.0 Å². The first-order valence-corrected chi connectivity index (χ1v) is 9.47. The highest BCUT2D eigenvalue weighted by Gasteiger charge is 2.57. The van der Waals surface area contributed by atoms with Crippen molar-refractivity contribution in [1.29, 1.82) is 0 Å². The zero-order valence-electron chi connectivity index (χ0n) is 15.5. The molecule has 0 aromatic heterocycles. The second-order valence-corrected chi connectivity index (χ2v) is 9.54. The molecule has 0 saturated heterocycles. The van der Waals surface area contributed by atoms with E-state index in [4.69, 9.17) is 5.11 Å². The molecular formula is C20H38O2. The number of aliphatic hydroxyl groups excluding tert-OH is 1. The Morgan fingerprint density at radius 2 is 1.73 bits per heavy atom. The molecule has 0 aromatic carbocycles. The molecule has 0 aliphatic heterocycles. The number of hydrogen-bond donors (Lipinski definition) is 2. The number of hydrogen-bond acceptors (Lipinski definition) is 2. The monoisotopic (exact) mass is 310 g/mol. The SMILES string of the molecule is C[C@@H](CCO)CC[C@H]1[C@@]2(C)CCCC(C)(C)[C@H]2CC[C@@]1(C)O. The lowest BCUT2D eigenvalue weighted by Crippen LogP contribution is -2.57. The highest BCUT2D eigenvalue weighted by Crippen LogP contribution is 2.63. The Kier molecular flexibility index (Phi) is 5.34. The van der Waals surface area contributed by atoms with Gasteiger partial charge in [-0.1, -0.05) is 40.5 Å². The van der Waals surface area contributed by atoms with Crippen molar-refractivity contribution < 1.29 is 10.2 Å². The minimum atomic E-state index is -0.516. The molecule has 2 N–H and O–H groups in total. The summed E-state index contributed by atoms with van der Waals surface area (Å²) in [5.74, 6) is 1.70. The molecular weight excluding hydrogens is 272 g/mol. The first-order valence-electron chi connectivity index (χ1n) is 9.47. The minimum Gasteiger partial charge on any atom is -0.396 e. The van der Waals surface area contributed by atoms with Crippen molar-refractivity contribution in [2.75, 3.05) is 6.61 Å². The Bertz CT molecular complexity index is 374. The molecule has 0 radical (unpaired) electrons. The molecule has 2 rings (SSSR count). The molecule has 22 heavy (non-hydrogen) atoms. The van der Waals surface area contributed by atoms with Gasteiger partial charge in [-0.05, 0) is 74.0 Å². The van der Waals surface area contributed by atoms with Gasteiger partial charge in [0.25, 0.3) is 0 Å². The maximum absolute atomic E-state index is 11.1. The summed E-state index contributed by atoms with van der Waals surface area (Å²) in [4.78, 5) is 0. The van der Waals surface area contributed by atoms with Gasteiger partial charge in [0.2, 0.25) is 0 Å². The fourth-order valence-corrected chi connectivity index (χ4v) is 6.08. The van der Waals surface area contributed by atoms with Crippen LogP contribution in [0.2, 0.25) is 0 Å². The predicted octanol–water partition coefficient (Wildman–Crippen LogP) is 4.78. The highest BCUT2D eigenvalue weighted by molar-refractivity contribution is 5.07. The van der Waals surface area contributed by atoms with E-state index in [1.807, 2.05) is 0 Å². The quantitative estimate of drug-likeness (QED) is 0.767. The van der Waals surface area contributed by atoms with E-state index in [1.165, 1.54) is 25.7 Å². The van der Waals surface area contributed by atoms with Crippen molar-refractivity contribution in [3.8, 4) is 0 Å². The van der Waals surface area contributed by atoms with E-state index in [2.05, 4.69) is 34.6 Å². The van der Waals surface area contributed by atoms with E-state index >= 15 is 0 Å². The highest BCUT2D eigenvalue weighted by atomic mass is 16.3. The lowest BCUT2D eigenvalue weighted by atomic mass is 9.45. The third-order valence-electron chi connectivity index (χ3n) is 7.33. The molecule has 0 unspecified atom stereocenters. The molecule has 0 spiro atoms. The van der Waals surface area contributed by atoms with Gasteiger partial charge in [0, 0.05) is 6.61 Å². The van der Waals surface area contributed by atoms with Gasteiger partial charge in [0.05, 0.1) is 5.60 Å². The normalized spacial score (nSPS) is 42.7. The Labute approximate surface area is 137 Å². The fourth-order valence-electron chi connectivity index (χ4n) is 6.08. The van der Waals surface area contributed by atoms with Crippen LogP contribution in [-0.2, 0) is 0 Å². The third-order valence-corrected chi connectivity index (χ3v) is 7.33. The molecule has 0 amide bonds. The lowest BCUT2D eigenvalue weighted by molar-refractivity contribution is -0.170. The van der Waals surface area contributed by atoms with Crippen LogP contribution in [0.25, 0.3) is 0 Å². The van der Waals surface area contributed by atoms with Crippen molar-refractivity contribution in [2.45, 2.75) is 91.6 Å². The molecule has 2 aliphatic carbocycles. The average molecular weight is 311 g/mol. The van der Waals surface area contributed by atoms with Crippen LogP contribution in [-0.4, -0.2) is 22.4 Å². The van der Waals surface area contributed by atoms with Crippen molar-refractivity contribution in [3.05, 3.63) is 0 Å². The number of rotatable bonds is 5. The Morgan fingerprint density at radius 1 is 1.05 bits per heavy atom. The van der Waals surface area contributed by atoms with Gasteiger partial charge >= 0.3 is 0 Å². The smallest absolute Gasteiger partial charge is 0.0653 e. The number of aliphatic hydroxyl groups is 2. The molecule has 5 atom stereocenters. The topological polar surface area (TPSA) is 40.5 Å². The Hall–Kier alpha value is -0.0800. The van der Waals surface area contributed by atoms with E-state index in [0.29, 0.717) is 17.3 Å². The first-order chi connectivity index (χ1) is 10.1. The molecule has 0 bridgehead atoms. The van der Waals surface area contributed by atoms with Crippen molar-refractivity contribution >= 4 is 0 Å². The largest absolute Gasteiger partial charge is 0.396 e. The minimum absolute atomic E-state index is 0.280. The van der Waals surface area contributed by atoms with Gasteiger partial charge in [-0.25, -0.2) is 0 Å². The second-order valence-electron chi connectivity index (χ2n) is 9.54. The van der Waals surface area contributed by atoms with E-state index in [9.17, 15) is 5.11 Å². The summed E-state index contributed by atoms with van der Waals surface area (Å²) in [6.45, 7) is 12.0. The van der Waals surface area contributed by atoms with Gasteiger partial charge in [0.1, 0.15) is 0 Å². The summed E-state index contributed by atoms with van der Waals surface area (Å²) < 4.78 is 0. The maximum atomic E-state index is 11.1. The van der Waals surface area contributed by atoms with Crippen LogP contribution in [0, 0.1) is 28.6 Å². The summed E-state index contributed by atoms with van der Waals surface area (Å²) in [6.07, 6.45) is 9.18. The van der Waals surface area contributed by atoms with E-state index in [0.717, 1.165) is 31.6 Å². The lowest BCUT2D eigenvalue weighted by Gasteiger charge is -2.61. The van der Waals surface area contributed by atoms with Crippen LogP contribution in [0.5, 0.6) is 0 Å². The zero-order valence-corrected chi connectivity index (χ0v) is 15.5. The zero-order chi connectivity index (χ0) is 16.6. The molecule has 2 heteroatoms. The summed E-state index contributed by atoms with van der Waals surface area (Å²) in [5, 5.41) is 20.2. The maximum Gasteiger partial charge on any atom is 0.0653 e. The van der Waals surface area contributed by atoms with Crippen LogP contribution >= 0.6 is 0 Å². The van der Waals surface area contributed by atoms with Gasteiger partial charge < -0.3 is 10.2 Å². The van der Waals surface area contributed by atoms with Crippen LogP contribution < -0.4 is 0 Å². The summed E-state index contributed by atoms with van der Waals surface area (Å²) in [7, 11) is 0. The van der Waals surface area contributed by atoms with Gasteiger partial charge in [0.15, 0.2) is 0 Å². The first kappa shape index (κ1) is 18.3. The van der Waals surface area contributed by atoms with Crippen molar-refractivity contribution in [2.24, 2.45) is 28.6 Å². The molecule has 0 heterocycles. The molecule has 2 aliphatic rings. The standard InChI is InChI=1S/C20H38O2/c1-15(10-14-21)7-8-17-19(4)12-6-11-18(2,3)16(19)9-13-20(17,5)22/h15-17,21-22H,6-14H2,1-5H3/t15-,16-,17+,19+,20-/m1/s1. The van der Waals surface area contributed by atoms with Gasteiger partial charge in [-0.15, -0.1) is 0 Å². The molecule has 2 saturated carbocycles. The third kappa shape index (κ3) is 3.38. The van der Waals surface area contributed by atoms with E-state index in [1.54, 1.807) is 0 Å². The van der Waals surface area contributed by atoms with Gasteiger partial charge in [-0.3, -0.25) is 0 Å². The van der Waals surface area contributed by atoms with E-state index in [-0.39, 0.29) is 12.0 Å². The molecule has 2 nitrogen and oxygen atoms in total. The summed E-state index contributed by atoms with van der Waals surface area (Å²) in [5.41, 5.74) is 0.179. The molecule has 130 valence electrons. The number of fused-ring (bicyclic) bond motifs is 1. The summed E-state index contributed by atoms with van der Waals surface area (Å²) in [6, 6.07) is 0. The molecule has 2 fully saturated rings. The van der Waals surface area contributed by atoms with Crippen molar-refractivity contribution in [3.63, 3.8) is 0 Å². The Morgan fingerprint density at radius 3 is 2.36 bits per heavy atom. The van der Waals surface area contributed by atoms with Crippen molar-refractivity contribution in [1.82, 2.24) is 0 Å². The van der Waals surface area contributed by atoms with E-state index < -0.39 is 5.60 Å². The van der Waals surface area contributed by atoms with Crippen LogP contribution in [0.4, 0.5) is 0 Å². The van der Waals surface area contributed by atoms with Crippen LogP contribution in [0.3, 0.4) is 0 Å². The average Bonchev–Trinajstić information content (AvgIpc) is 2.36.